The van der Waals surface area contributed by atoms with Gasteiger partial charge in [-0.15, -0.1) is 11.3 Å². The molecule has 2 aromatic carbocycles. The molecule has 0 unspecified atom stereocenters. The molecule has 29 heavy (non-hydrogen) atoms. The van der Waals surface area contributed by atoms with Gasteiger partial charge >= 0.3 is 0 Å². The van der Waals surface area contributed by atoms with Crippen molar-refractivity contribution in [3.8, 4) is 10.4 Å². The van der Waals surface area contributed by atoms with Crippen molar-refractivity contribution in [2.75, 3.05) is 36.4 Å². The summed E-state index contributed by atoms with van der Waals surface area (Å²) in [5, 5.41) is 6.75. The Bertz CT molecular complexity index is 1030. The van der Waals surface area contributed by atoms with Crippen molar-refractivity contribution < 1.29 is 9.18 Å². The van der Waals surface area contributed by atoms with Gasteiger partial charge in [0.1, 0.15) is 5.82 Å². The average Bonchev–Trinajstić information content (AvgIpc) is 3.11. The maximum Gasteiger partial charge on any atom is 0.266 e. The first-order valence-corrected chi connectivity index (χ1v) is 10.6. The predicted molar refractivity (Wildman–Crippen MR) is 119 cm³/mol. The summed E-state index contributed by atoms with van der Waals surface area (Å²) in [6.07, 6.45) is 0. The predicted octanol–water partition coefficient (Wildman–Crippen LogP) is 5.18. The molecule has 7 heteroatoms. The second kappa shape index (κ2) is 8.53. The zero-order valence-electron chi connectivity index (χ0n) is 16.0. The molecular formula is C22H21ClFN3OS. The third kappa shape index (κ3) is 4.45. The maximum absolute atomic E-state index is 14.6. The molecule has 0 saturated carbocycles. The van der Waals surface area contributed by atoms with Crippen LogP contribution in [0, 0.1) is 12.7 Å². The number of aryl methyl sites for hydroxylation is 1. The van der Waals surface area contributed by atoms with Crippen LogP contribution in [0.1, 0.15) is 15.2 Å². The monoisotopic (exact) mass is 429 g/mol. The van der Waals surface area contributed by atoms with E-state index in [0.29, 0.717) is 21.3 Å². The number of piperazine rings is 1. The van der Waals surface area contributed by atoms with Crippen LogP contribution in [0.15, 0.2) is 48.5 Å². The fourth-order valence-electron chi connectivity index (χ4n) is 3.40. The van der Waals surface area contributed by atoms with Crippen LogP contribution in [-0.4, -0.2) is 32.1 Å². The Morgan fingerprint density at radius 3 is 2.55 bits per heavy atom. The van der Waals surface area contributed by atoms with E-state index in [2.05, 4.69) is 10.6 Å². The van der Waals surface area contributed by atoms with Crippen molar-refractivity contribution in [1.82, 2.24) is 5.32 Å². The van der Waals surface area contributed by atoms with Gasteiger partial charge in [0.05, 0.1) is 10.6 Å². The molecule has 4 nitrogen and oxygen atoms in total. The summed E-state index contributed by atoms with van der Waals surface area (Å²) in [5.41, 5.74) is 2.91. The maximum atomic E-state index is 14.6. The molecule has 0 aliphatic carbocycles. The lowest BCUT2D eigenvalue weighted by Gasteiger charge is -2.29. The second-order valence-electron chi connectivity index (χ2n) is 6.99. The van der Waals surface area contributed by atoms with E-state index in [9.17, 15) is 9.18 Å². The van der Waals surface area contributed by atoms with E-state index in [-0.39, 0.29) is 11.7 Å². The SMILES string of the molecule is Cc1cc(-c2ccc(Cl)cc2)sc1C(=O)Nc1ccc(N2CCNCC2)c(F)c1. The summed E-state index contributed by atoms with van der Waals surface area (Å²) in [6, 6.07) is 14.4. The van der Waals surface area contributed by atoms with Crippen molar-refractivity contribution >= 4 is 40.2 Å². The number of hydrogen-bond donors (Lipinski definition) is 2. The lowest BCUT2D eigenvalue weighted by Crippen LogP contribution is -2.43. The number of thiophene rings is 1. The zero-order valence-corrected chi connectivity index (χ0v) is 17.5. The molecule has 2 N–H and O–H groups in total. The van der Waals surface area contributed by atoms with Crippen LogP contribution in [0.5, 0.6) is 0 Å². The van der Waals surface area contributed by atoms with E-state index in [1.807, 2.05) is 42.2 Å². The van der Waals surface area contributed by atoms with Crippen molar-refractivity contribution in [3.05, 3.63) is 69.8 Å². The van der Waals surface area contributed by atoms with Gasteiger partial charge in [-0.05, 0) is 54.4 Å². The standard InChI is InChI=1S/C22H21ClFN3OS/c1-14-12-20(15-2-4-16(23)5-3-15)29-21(14)22(28)26-17-6-7-19(18(24)13-17)27-10-8-25-9-11-27/h2-7,12-13,25H,8-11H2,1H3,(H,26,28). The number of carbonyl (C=O) groups excluding carboxylic acids is 1. The Labute approximate surface area is 178 Å². The molecular weight excluding hydrogens is 409 g/mol. The van der Waals surface area contributed by atoms with Crippen LogP contribution in [0.2, 0.25) is 5.02 Å². The summed E-state index contributed by atoms with van der Waals surface area (Å²) in [5.74, 6) is -0.559. The molecule has 0 radical (unpaired) electrons. The molecule has 1 aliphatic heterocycles. The van der Waals surface area contributed by atoms with Gasteiger partial charge < -0.3 is 15.5 Å². The summed E-state index contributed by atoms with van der Waals surface area (Å²) in [4.78, 5) is 16.4. The lowest BCUT2D eigenvalue weighted by atomic mass is 10.1. The second-order valence-corrected chi connectivity index (χ2v) is 8.48. The first-order valence-electron chi connectivity index (χ1n) is 9.44. The number of amides is 1. The van der Waals surface area contributed by atoms with Gasteiger partial charge in [-0.25, -0.2) is 4.39 Å². The first kappa shape index (κ1) is 19.9. The molecule has 3 aromatic rings. The Balaban J connectivity index is 1.50. The highest BCUT2D eigenvalue weighted by atomic mass is 35.5. The Kier molecular flexibility index (Phi) is 5.85. The summed E-state index contributed by atoms with van der Waals surface area (Å²) in [7, 11) is 0. The topological polar surface area (TPSA) is 44.4 Å². The molecule has 2 heterocycles. The third-order valence-corrected chi connectivity index (χ3v) is 6.45. The largest absolute Gasteiger partial charge is 0.367 e. The summed E-state index contributed by atoms with van der Waals surface area (Å²) in [6.45, 7) is 5.12. The lowest BCUT2D eigenvalue weighted by molar-refractivity contribution is 0.103. The van der Waals surface area contributed by atoms with E-state index in [1.165, 1.54) is 17.4 Å². The number of nitrogens with zero attached hydrogens (tertiary/aromatic N) is 1. The fraction of sp³-hybridized carbons (Fsp3) is 0.227. The van der Waals surface area contributed by atoms with Crippen LogP contribution < -0.4 is 15.5 Å². The van der Waals surface area contributed by atoms with E-state index < -0.39 is 0 Å². The van der Waals surface area contributed by atoms with Crippen molar-refractivity contribution in [1.29, 1.82) is 0 Å². The summed E-state index contributed by atoms with van der Waals surface area (Å²) >= 11 is 7.36. The van der Waals surface area contributed by atoms with Crippen molar-refractivity contribution in [2.45, 2.75) is 6.92 Å². The van der Waals surface area contributed by atoms with E-state index in [1.54, 1.807) is 12.1 Å². The van der Waals surface area contributed by atoms with Gasteiger partial charge in [0.15, 0.2) is 0 Å². The van der Waals surface area contributed by atoms with Gasteiger partial charge in [-0.2, -0.15) is 0 Å². The first-order chi connectivity index (χ1) is 14.0. The van der Waals surface area contributed by atoms with E-state index in [0.717, 1.165) is 42.2 Å². The Morgan fingerprint density at radius 2 is 1.86 bits per heavy atom. The molecule has 4 rings (SSSR count). The third-order valence-electron chi connectivity index (χ3n) is 4.92. The van der Waals surface area contributed by atoms with Crippen LogP contribution in [0.4, 0.5) is 15.8 Å². The molecule has 1 fully saturated rings. The molecule has 1 amide bonds. The molecule has 1 aromatic heterocycles. The smallest absolute Gasteiger partial charge is 0.266 e. The van der Waals surface area contributed by atoms with Gasteiger partial charge in [-0.1, -0.05) is 23.7 Å². The van der Waals surface area contributed by atoms with Crippen LogP contribution in [0.25, 0.3) is 10.4 Å². The van der Waals surface area contributed by atoms with Gasteiger partial charge in [0, 0.05) is 41.8 Å². The molecule has 1 aliphatic rings. The molecule has 150 valence electrons. The number of carbonyl (C=O) groups is 1. The van der Waals surface area contributed by atoms with E-state index in [4.69, 9.17) is 11.6 Å². The fourth-order valence-corrected chi connectivity index (χ4v) is 4.60. The van der Waals surface area contributed by atoms with Crippen molar-refractivity contribution in [2.24, 2.45) is 0 Å². The Morgan fingerprint density at radius 1 is 1.14 bits per heavy atom. The number of hydrogen-bond acceptors (Lipinski definition) is 4. The Hall–Kier alpha value is -2.41. The number of rotatable bonds is 4. The van der Waals surface area contributed by atoms with Crippen LogP contribution in [0.3, 0.4) is 0 Å². The molecule has 1 saturated heterocycles. The van der Waals surface area contributed by atoms with Gasteiger partial charge in [0.25, 0.3) is 5.91 Å². The number of halogens is 2. The van der Waals surface area contributed by atoms with Gasteiger partial charge in [-0.3, -0.25) is 4.79 Å². The number of anilines is 2. The number of nitrogens with one attached hydrogen (secondary N) is 2. The highest BCUT2D eigenvalue weighted by Gasteiger charge is 2.18. The van der Waals surface area contributed by atoms with Gasteiger partial charge in [0.2, 0.25) is 0 Å². The highest BCUT2D eigenvalue weighted by molar-refractivity contribution is 7.17. The average molecular weight is 430 g/mol. The quantitative estimate of drug-likeness (QED) is 0.600. The molecule has 0 atom stereocenters. The normalized spacial score (nSPS) is 14.1. The number of benzene rings is 2. The zero-order chi connectivity index (χ0) is 20.4. The van der Waals surface area contributed by atoms with Crippen molar-refractivity contribution in [3.63, 3.8) is 0 Å². The van der Waals surface area contributed by atoms with Crippen LogP contribution in [-0.2, 0) is 0 Å². The highest BCUT2D eigenvalue weighted by Crippen LogP contribution is 2.32. The minimum atomic E-state index is -0.325. The molecule has 0 bridgehead atoms. The van der Waals surface area contributed by atoms with Crippen LogP contribution >= 0.6 is 22.9 Å². The summed E-state index contributed by atoms with van der Waals surface area (Å²) < 4.78 is 14.6. The molecule has 0 spiro atoms. The minimum Gasteiger partial charge on any atom is -0.367 e. The van der Waals surface area contributed by atoms with E-state index >= 15 is 0 Å². The minimum absolute atomic E-state index is 0.234.